The molecule has 0 N–H and O–H groups in total. The molecular formula is C16H11Cl2FO2. The Labute approximate surface area is 131 Å². The Kier molecular flexibility index (Phi) is 4.99. The molecule has 5 heteroatoms. The third-order valence-corrected chi connectivity index (χ3v) is 3.59. The van der Waals surface area contributed by atoms with E-state index in [-0.39, 0.29) is 5.82 Å². The van der Waals surface area contributed by atoms with E-state index in [1.807, 2.05) is 0 Å². The van der Waals surface area contributed by atoms with Crippen LogP contribution in [-0.2, 0) is 9.53 Å². The van der Waals surface area contributed by atoms with Crippen molar-refractivity contribution in [3.63, 3.8) is 0 Å². The highest BCUT2D eigenvalue weighted by Crippen LogP contribution is 2.29. The minimum absolute atomic E-state index is 0.356. The first-order chi connectivity index (χ1) is 10.0. The summed E-state index contributed by atoms with van der Waals surface area (Å²) in [5.74, 6) is -0.870. The van der Waals surface area contributed by atoms with Crippen molar-refractivity contribution in [2.75, 3.05) is 7.11 Å². The highest BCUT2D eigenvalue weighted by molar-refractivity contribution is 6.42. The predicted octanol–water partition coefficient (Wildman–Crippen LogP) is 4.74. The predicted molar refractivity (Wildman–Crippen MR) is 82.0 cm³/mol. The lowest BCUT2D eigenvalue weighted by Crippen LogP contribution is -1.98. The molecule has 0 spiro atoms. The van der Waals surface area contributed by atoms with Gasteiger partial charge in [-0.15, -0.1) is 0 Å². The van der Waals surface area contributed by atoms with Crippen molar-refractivity contribution >= 4 is 34.7 Å². The van der Waals surface area contributed by atoms with Crippen molar-refractivity contribution in [1.82, 2.24) is 0 Å². The van der Waals surface area contributed by atoms with Gasteiger partial charge in [0.25, 0.3) is 0 Å². The molecule has 21 heavy (non-hydrogen) atoms. The molecule has 0 bridgehead atoms. The van der Waals surface area contributed by atoms with Crippen molar-refractivity contribution in [3.05, 3.63) is 75.5 Å². The summed E-state index contributed by atoms with van der Waals surface area (Å²) in [4.78, 5) is 11.6. The van der Waals surface area contributed by atoms with E-state index in [9.17, 15) is 9.18 Å². The lowest BCUT2D eigenvalue weighted by Gasteiger charge is -2.09. The van der Waals surface area contributed by atoms with E-state index >= 15 is 0 Å². The lowest BCUT2D eigenvalue weighted by molar-refractivity contribution is -0.134. The molecule has 0 saturated heterocycles. The highest BCUT2D eigenvalue weighted by atomic mass is 35.5. The molecule has 0 unspecified atom stereocenters. The van der Waals surface area contributed by atoms with Gasteiger partial charge in [0.2, 0.25) is 0 Å². The number of halogens is 3. The van der Waals surface area contributed by atoms with Crippen molar-refractivity contribution in [1.29, 1.82) is 0 Å². The van der Waals surface area contributed by atoms with E-state index in [2.05, 4.69) is 4.74 Å². The van der Waals surface area contributed by atoms with Crippen molar-refractivity contribution in [3.8, 4) is 0 Å². The fourth-order valence-electron chi connectivity index (χ4n) is 1.80. The van der Waals surface area contributed by atoms with E-state index < -0.39 is 5.97 Å². The number of ether oxygens (including phenoxy) is 1. The molecule has 2 aromatic rings. The van der Waals surface area contributed by atoms with Gasteiger partial charge in [0, 0.05) is 6.08 Å². The lowest BCUT2D eigenvalue weighted by atomic mass is 9.97. The fourth-order valence-corrected chi connectivity index (χ4v) is 2.10. The van der Waals surface area contributed by atoms with Gasteiger partial charge in [-0.2, -0.15) is 0 Å². The van der Waals surface area contributed by atoms with E-state index in [1.165, 1.54) is 25.3 Å². The first-order valence-electron chi connectivity index (χ1n) is 6.02. The Hall–Kier alpha value is -1.84. The van der Waals surface area contributed by atoms with Gasteiger partial charge in [-0.05, 0) is 41.0 Å². The molecule has 2 rings (SSSR count). The zero-order chi connectivity index (χ0) is 15.4. The molecule has 2 aromatic carbocycles. The first kappa shape index (κ1) is 15.5. The smallest absolute Gasteiger partial charge is 0.331 e. The van der Waals surface area contributed by atoms with Crippen LogP contribution in [0.3, 0.4) is 0 Å². The van der Waals surface area contributed by atoms with Crippen LogP contribution in [0, 0.1) is 5.82 Å². The molecule has 0 amide bonds. The fraction of sp³-hybridized carbons (Fsp3) is 0.0625. The molecule has 0 atom stereocenters. The Morgan fingerprint density at radius 2 is 1.67 bits per heavy atom. The number of hydrogen-bond acceptors (Lipinski definition) is 2. The van der Waals surface area contributed by atoms with Crippen LogP contribution in [0.15, 0.2) is 48.5 Å². The number of carbonyl (C=O) groups excluding carboxylic acids is 1. The molecule has 0 fully saturated rings. The molecular weight excluding hydrogens is 314 g/mol. The Bertz CT molecular complexity index is 694. The van der Waals surface area contributed by atoms with Crippen LogP contribution < -0.4 is 0 Å². The standard InChI is InChI=1S/C16H11Cl2FO2/c1-21-16(20)9-13(10-2-5-12(19)6-3-10)11-4-7-14(17)15(18)8-11/h2-9H,1H3/b13-9+. The Morgan fingerprint density at radius 3 is 2.24 bits per heavy atom. The van der Waals surface area contributed by atoms with Crippen LogP contribution in [0.2, 0.25) is 10.0 Å². The van der Waals surface area contributed by atoms with Crippen LogP contribution in [0.5, 0.6) is 0 Å². The van der Waals surface area contributed by atoms with Gasteiger partial charge >= 0.3 is 5.97 Å². The van der Waals surface area contributed by atoms with Gasteiger partial charge in [-0.25, -0.2) is 9.18 Å². The largest absolute Gasteiger partial charge is 0.466 e. The maximum Gasteiger partial charge on any atom is 0.331 e. The monoisotopic (exact) mass is 324 g/mol. The van der Waals surface area contributed by atoms with Gasteiger partial charge < -0.3 is 4.74 Å². The SMILES string of the molecule is COC(=O)/C=C(\c1ccc(F)cc1)c1ccc(Cl)c(Cl)c1. The third-order valence-electron chi connectivity index (χ3n) is 2.85. The Morgan fingerprint density at radius 1 is 1.05 bits per heavy atom. The number of methoxy groups -OCH3 is 1. The zero-order valence-corrected chi connectivity index (χ0v) is 12.6. The Balaban J connectivity index is 2.55. The first-order valence-corrected chi connectivity index (χ1v) is 6.78. The summed E-state index contributed by atoms with van der Waals surface area (Å²) in [5, 5.41) is 0.781. The number of esters is 1. The maximum atomic E-state index is 13.0. The average Bonchev–Trinajstić information content (AvgIpc) is 2.48. The number of hydrogen-bond donors (Lipinski definition) is 0. The van der Waals surface area contributed by atoms with Gasteiger partial charge in [-0.3, -0.25) is 0 Å². The summed E-state index contributed by atoms with van der Waals surface area (Å²) in [5.41, 5.74) is 1.92. The van der Waals surface area contributed by atoms with Crippen LogP contribution in [0.25, 0.3) is 5.57 Å². The van der Waals surface area contributed by atoms with Crippen LogP contribution in [-0.4, -0.2) is 13.1 Å². The summed E-state index contributed by atoms with van der Waals surface area (Å²) in [7, 11) is 1.29. The minimum Gasteiger partial charge on any atom is -0.466 e. The summed E-state index contributed by atoms with van der Waals surface area (Å²) in [6.45, 7) is 0. The van der Waals surface area contributed by atoms with Crippen molar-refractivity contribution < 1.29 is 13.9 Å². The second-order valence-corrected chi connectivity index (χ2v) is 5.03. The molecule has 0 aromatic heterocycles. The van der Waals surface area contributed by atoms with Gasteiger partial charge in [-0.1, -0.05) is 41.4 Å². The zero-order valence-electron chi connectivity index (χ0n) is 11.1. The van der Waals surface area contributed by atoms with Gasteiger partial charge in [0.15, 0.2) is 0 Å². The van der Waals surface area contributed by atoms with Crippen molar-refractivity contribution in [2.24, 2.45) is 0 Å². The molecule has 0 heterocycles. The van der Waals surface area contributed by atoms with Crippen LogP contribution >= 0.6 is 23.2 Å². The summed E-state index contributed by atoms with van der Waals surface area (Å²) < 4.78 is 17.7. The molecule has 0 aliphatic heterocycles. The molecule has 0 aliphatic rings. The van der Waals surface area contributed by atoms with Crippen LogP contribution in [0.4, 0.5) is 4.39 Å². The minimum atomic E-state index is -0.514. The average molecular weight is 325 g/mol. The number of carbonyl (C=O) groups is 1. The maximum absolute atomic E-state index is 13.0. The molecule has 0 aliphatic carbocycles. The summed E-state index contributed by atoms with van der Waals surface area (Å²) in [6, 6.07) is 10.8. The van der Waals surface area contributed by atoms with E-state index in [0.29, 0.717) is 26.7 Å². The second-order valence-electron chi connectivity index (χ2n) is 4.22. The normalized spacial score (nSPS) is 11.3. The topological polar surface area (TPSA) is 26.3 Å². The van der Waals surface area contributed by atoms with E-state index in [4.69, 9.17) is 23.2 Å². The summed E-state index contributed by atoms with van der Waals surface area (Å²) in [6.07, 6.45) is 1.33. The number of rotatable bonds is 3. The quantitative estimate of drug-likeness (QED) is 0.602. The van der Waals surface area contributed by atoms with Crippen LogP contribution in [0.1, 0.15) is 11.1 Å². The highest BCUT2D eigenvalue weighted by Gasteiger charge is 2.10. The second kappa shape index (κ2) is 6.74. The number of benzene rings is 2. The molecule has 0 radical (unpaired) electrons. The van der Waals surface area contributed by atoms with Crippen molar-refractivity contribution in [2.45, 2.75) is 0 Å². The molecule has 0 saturated carbocycles. The van der Waals surface area contributed by atoms with Gasteiger partial charge in [0.1, 0.15) is 5.82 Å². The van der Waals surface area contributed by atoms with E-state index in [1.54, 1.807) is 30.3 Å². The van der Waals surface area contributed by atoms with E-state index in [0.717, 1.165) is 0 Å². The third kappa shape index (κ3) is 3.84. The summed E-state index contributed by atoms with van der Waals surface area (Å²) >= 11 is 11.9. The van der Waals surface area contributed by atoms with Gasteiger partial charge in [0.05, 0.1) is 17.2 Å². The molecule has 108 valence electrons. The molecule has 2 nitrogen and oxygen atoms in total.